The number of hydrogen-bond donors (Lipinski definition) is 3. The number of phenols is 1. The molecule has 0 saturated carbocycles. The van der Waals surface area contributed by atoms with Crippen LogP contribution in [0.4, 0.5) is 15.2 Å². The zero-order chi connectivity index (χ0) is 39.4. The molecule has 4 aromatic rings. The van der Waals surface area contributed by atoms with Crippen LogP contribution in [0.1, 0.15) is 79.5 Å². The minimum absolute atomic E-state index is 0.0341. The highest BCUT2D eigenvalue weighted by Crippen LogP contribution is 2.39. The number of carbonyl (C=O) groups excluding carboxylic acids is 6. The number of fused-ring (bicyclic) bond motifs is 2. The zero-order valence-electron chi connectivity index (χ0n) is 30.0. The predicted molar refractivity (Wildman–Crippen MR) is 205 cm³/mol. The summed E-state index contributed by atoms with van der Waals surface area (Å²) >= 11 is 4.67. The van der Waals surface area contributed by atoms with E-state index in [4.69, 9.17) is 0 Å². The molecule has 0 radical (unpaired) electrons. The van der Waals surface area contributed by atoms with Crippen molar-refractivity contribution in [2.75, 3.05) is 30.4 Å². The lowest BCUT2D eigenvalue weighted by atomic mass is 10.0. The second-order valence-corrected chi connectivity index (χ2v) is 16.0. The third kappa shape index (κ3) is 6.83. The van der Waals surface area contributed by atoms with E-state index in [0.29, 0.717) is 40.4 Å². The molecule has 56 heavy (non-hydrogen) atoms. The van der Waals surface area contributed by atoms with Crippen molar-refractivity contribution in [3.8, 4) is 5.75 Å². The van der Waals surface area contributed by atoms with Gasteiger partial charge in [0, 0.05) is 71.5 Å². The molecule has 0 spiro atoms. The van der Waals surface area contributed by atoms with E-state index in [9.17, 15) is 38.3 Å². The van der Waals surface area contributed by atoms with Crippen LogP contribution in [-0.2, 0) is 27.5 Å². The van der Waals surface area contributed by atoms with Gasteiger partial charge in [-0.15, -0.1) is 11.3 Å². The fourth-order valence-corrected chi connectivity index (χ4v) is 9.26. The van der Waals surface area contributed by atoms with E-state index in [2.05, 4.69) is 41.3 Å². The fourth-order valence-electron chi connectivity index (χ4n) is 8.05. The first-order valence-corrected chi connectivity index (χ1v) is 19.7. The Hall–Kier alpha value is -5.52. The second kappa shape index (κ2) is 14.9. The number of thiazole rings is 1. The Balaban J connectivity index is 0.931. The third-order valence-electron chi connectivity index (χ3n) is 10.9. The minimum Gasteiger partial charge on any atom is -0.508 e. The van der Waals surface area contributed by atoms with Gasteiger partial charge >= 0.3 is 0 Å². The number of hydrogen-bond acceptors (Lipinski definition) is 11. The average Bonchev–Trinajstić information content (AvgIpc) is 3.87. The summed E-state index contributed by atoms with van der Waals surface area (Å²) in [6.07, 6.45) is 3.26. The molecule has 3 aromatic carbocycles. The van der Waals surface area contributed by atoms with Crippen molar-refractivity contribution in [1.82, 2.24) is 25.0 Å². The van der Waals surface area contributed by atoms with Gasteiger partial charge in [-0.2, -0.15) is 0 Å². The molecule has 1 aromatic heterocycles. The van der Waals surface area contributed by atoms with Gasteiger partial charge < -0.3 is 14.9 Å². The highest BCUT2D eigenvalue weighted by Gasteiger charge is 2.46. The first-order chi connectivity index (χ1) is 26.9. The van der Waals surface area contributed by atoms with Crippen LogP contribution in [0.15, 0.2) is 64.6 Å². The van der Waals surface area contributed by atoms with Gasteiger partial charge in [0.1, 0.15) is 23.7 Å². The highest BCUT2D eigenvalue weighted by molar-refractivity contribution is 9.10. The van der Waals surface area contributed by atoms with Crippen LogP contribution >= 0.6 is 27.3 Å². The molecule has 14 nitrogen and oxygen atoms in total. The maximum absolute atomic E-state index is 14.4. The number of piperidine rings is 2. The summed E-state index contributed by atoms with van der Waals surface area (Å²) in [5, 5.41) is 17.6. The average molecular weight is 845 g/mol. The van der Waals surface area contributed by atoms with E-state index in [-0.39, 0.29) is 47.9 Å². The molecule has 5 heterocycles. The number of aromatic hydroxyl groups is 1. The Labute approximate surface area is 332 Å². The summed E-state index contributed by atoms with van der Waals surface area (Å²) in [5.41, 5.74) is 3.19. The summed E-state index contributed by atoms with van der Waals surface area (Å²) < 4.78 is 14.9. The molecule has 2 unspecified atom stereocenters. The van der Waals surface area contributed by atoms with E-state index in [1.54, 1.807) is 11.4 Å². The van der Waals surface area contributed by atoms with Crippen molar-refractivity contribution in [3.05, 3.63) is 104 Å². The van der Waals surface area contributed by atoms with Crippen LogP contribution in [0.25, 0.3) is 0 Å². The van der Waals surface area contributed by atoms with Crippen molar-refractivity contribution >= 4 is 73.5 Å². The lowest BCUT2D eigenvalue weighted by molar-refractivity contribution is -0.136. The maximum Gasteiger partial charge on any atom is 0.263 e. The summed E-state index contributed by atoms with van der Waals surface area (Å²) in [4.78, 5) is 89.3. The van der Waals surface area contributed by atoms with Gasteiger partial charge in [0.2, 0.25) is 11.8 Å². The van der Waals surface area contributed by atoms with Gasteiger partial charge in [-0.25, -0.2) is 9.37 Å². The number of anilines is 2. The van der Waals surface area contributed by atoms with E-state index < -0.39 is 53.3 Å². The standard InChI is InChI=1S/C39H35BrFN7O7S/c1-45(18-20-14-27-32(28(40)15-20)38(55)48(37(27)54)29-5-7-31(50)43-34(29)51)23-8-11-46(12-9-23)24-4-2-21-19-47(36(53)25(21)17-24)33(26-16-22(41)3-6-30(26)49)35(52)44-39-42-10-13-56-39/h2-4,6,10,13-17,23,29,33,49H,5,7-9,11-12,18-19H2,1H3,(H,42,44,52)(H,43,50,51). The number of rotatable bonds is 9. The normalized spacial score (nSPS) is 19.1. The number of imide groups is 2. The quantitative estimate of drug-likeness (QED) is 0.203. The predicted octanol–water partition coefficient (Wildman–Crippen LogP) is 4.59. The van der Waals surface area contributed by atoms with Crippen LogP contribution in [0.2, 0.25) is 0 Å². The van der Waals surface area contributed by atoms with Gasteiger partial charge in [-0.1, -0.05) is 6.07 Å². The fraction of sp³-hybridized carbons (Fsp3) is 0.308. The Morgan fingerprint density at radius 2 is 1.82 bits per heavy atom. The Kier molecular flexibility index (Phi) is 9.92. The SMILES string of the molecule is CN(Cc1cc(Br)c2c(c1)C(=O)N(C1CCC(=O)NC1=O)C2=O)C1CCN(c2ccc3c(c2)C(=O)N(C(C(=O)Nc2nccs2)c2cc(F)ccc2O)C3)CC1. The highest BCUT2D eigenvalue weighted by atomic mass is 79.9. The van der Waals surface area contributed by atoms with E-state index in [0.717, 1.165) is 47.2 Å². The molecule has 0 bridgehead atoms. The molecular weight excluding hydrogens is 809 g/mol. The van der Waals surface area contributed by atoms with Gasteiger partial charge in [0.25, 0.3) is 23.6 Å². The molecule has 6 amide bonds. The van der Waals surface area contributed by atoms with Crippen molar-refractivity contribution in [1.29, 1.82) is 0 Å². The monoisotopic (exact) mass is 843 g/mol. The molecule has 17 heteroatoms. The molecule has 288 valence electrons. The van der Waals surface area contributed by atoms with Gasteiger partial charge in [0.05, 0.1) is 11.1 Å². The summed E-state index contributed by atoms with van der Waals surface area (Å²) in [5.74, 6) is -4.23. The number of nitrogens with one attached hydrogen (secondary N) is 2. The Bertz CT molecular complexity index is 2320. The number of carbonyl (C=O) groups is 6. The third-order valence-corrected chi connectivity index (χ3v) is 12.2. The lowest BCUT2D eigenvalue weighted by Gasteiger charge is -2.38. The van der Waals surface area contributed by atoms with Crippen LogP contribution in [0.5, 0.6) is 5.75 Å². The van der Waals surface area contributed by atoms with Crippen LogP contribution in [0, 0.1) is 5.82 Å². The number of halogens is 2. The number of amides is 6. The van der Waals surface area contributed by atoms with Crippen molar-refractivity contribution in [3.63, 3.8) is 0 Å². The van der Waals surface area contributed by atoms with Crippen LogP contribution in [0.3, 0.4) is 0 Å². The Morgan fingerprint density at radius 1 is 1.04 bits per heavy atom. The van der Waals surface area contributed by atoms with Gasteiger partial charge in [0.15, 0.2) is 5.13 Å². The maximum atomic E-state index is 14.4. The summed E-state index contributed by atoms with van der Waals surface area (Å²) in [7, 11) is 2.00. The summed E-state index contributed by atoms with van der Waals surface area (Å²) in [6.45, 7) is 1.98. The zero-order valence-corrected chi connectivity index (χ0v) is 32.4. The van der Waals surface area contributed by atoms with E-state index in [1.165, 1.54) is 22.4 Å². The van der Waals surface area contributed by atoms with Crippen molar-refractivity contribution in [2.45, 2.75) is 56.9 Å². The number of phenolic OH excluding ortho intramolecular Hbond substituents is 1. The largest absolute Gasteiger partial charge is 0.508 e. The van der Waals surface area contributed by atoms with Gasteiger partial charge in [-0.05, 0) is 95.8 Å². The Morgan fingerprint density at radius 3 is 2.55 bits per heavy atom. The van der Waals surface area contributed by atoms with E-state index >= 15 is 0 Å². The number of nitrogens with zero attached hydrogens (tertiary/aromatic N) is 5. The van der Waals surface area contributed by atoms with Crippen molar-refractivity contribution < 1.29 is 38.3 Å². The minimum atomic E-state index is -1.32. The first-order valence-electron chi connectivity index (χ1n) is 18.0. The van der Waals surface area contributed by atoms with Gasteiger partial charge in [-0.3, -0.25) is 49.2 Å². The molecule has 2 saturated heterocycles. The summed E-state index contributed by atoms with van der Waals surface area (Å²) in [6, 6.07) is 10.3. The molecule has 2 atom stereocenters. The molecule has 3 N–H and O–H groups in total. The van der Waals surface area contributed by atoms with E-state index in [1.807, 2.05) is 31.3 Å². The number of aromatic nitrogens is 1. The van der Waals surface area contributed by atoms with Crippen LogP contribution < -0.4 is 15.5 Å². The van der Waals surface area contributed by atoms with Crippen molar-refractivity contribution in [2.24, 2.45) is 0 Å². The smallest absolute Gasteiger partial charge is 0.263 e. The molecular formula is C39H35BrFN7O7S. The molecule has 4 aliphatic rings. The molecule has 8 rings (SSSR count). The second-order valence-electron chi connectivity index (χ2n) is 14.3. The molecule has 0 aliphatic carbocycles. The molecule has 4 aliphatic heterocycles. The lowest BCUT2D eigenvalue weighted by Crippen LogP contribution is -2.54. The topological polar surface area (TPSA) is 173 Å². The molecule has 2 fully saturated rings. The number of benzene rings is 3. The van der Waals surface area contributed by atoms with Crippen LogP contribution in [-0.4, -0.2) is 92.5 Å². The first kappa shape index (κ1) is 37.4.